The molecule has 2 amide bonds. The summed E-state index contributed by atoms with van der Waals surface area (Å²) in [5.74, 6) is 0.729. The molecule has 3 rings (SSSR count). The van der Waals surface area contributed by atoms with Gasteiger partial charge in [-0.15, -0.1) is 0 Å². The zero-order valence-electron chi connectivity index (χ0n) is 10.5. The normalized spacial score (nSPS) is 34.1. The quantitative estimate of drug-likeness (QED) is 0.499. The molecule has 0 spiro atoms. The molecule has 0 saturated heterocycles. The van der Waals surface area contributed by atoms with E-state index < -0.39 is 0 Å². The van der Waals surface area contributed by atoms with Crippen LogP contribution in [-0.2, 0) is 9.59 Å². The average Bonchev–Trinajstić information content (AvgIpc) is 2.39. The highest BCUT2D eigenvalue weighted by atomic mass is 16.2. The Labute approximate surface area is 107 Å². The maximum atomic E-state index is 11.3. The maximum absolute atomic E-state index is 11.3. The van der Waals surface area contributed by atoms with E-state index in [0.717, 1.165) is 25.7 Å². The van der Waals surface area contributed by atoms with E-state index in [2.05, 4.69) is 10.6 Å². The van der Waals surface area contributed by atoms with E-state index in [4.69, 9.17) is 11.5 Å². The van der Waals surface area contributed by atoms with Crippen LogP contribution in [0.2, 0.25) is 0 Å². The van der Waals surface area contributed by atoms with E-state index in [9.17, 15) is 9.59 Å². The molecule has 0 aliphatic heterocycles. The number of nitrogens with one attached hydrogen (secondary N) is 2. The maximum Gasteiger partial charge on any atom is 0.233 e. The van der Waals surface area contributed by atoms with Crippen LogP contribution in [0, 0.1) is 11.8 Å². The smallest absolute Gasteiger partial charge is 0.233 e. The Balaban J connectivity index is 1.90. The minimum absolute atomic E-state index is 0.0429. The van der Waals surface area contributed by atoms with Gasteiger partial charge in [-0.3, -0.25) is 9.59 Å². The molecule has 0 aromatic heterocycles. The highest BCUT2D eigenvalue weighted by molar-refractivity contribution is 5.78. The number of nitrogens with two attached hydrogens (primary N) is 2. The van der Waals surface area contributed by atoms with Gasteiger partial charge in [0.1, 0.15) is 0 Å². The van der Waals surface area contributed by atoms with Gasteiger partial charge < -0.3 is 22.1 Å². The third-order valence-electron chi connectivity index (χ3n) is 4.22. The van der Waals surface area contributed by atoms with E-state index in [1.165, 1.54) is 0 Å². The molecule has 3 fully saturated rings. The van der Waals surface area contributed by atoms with E-state index in [0.29, 0.717) is 11.8 Å². The van der Waals surface area contributed by atoms with Gasteiger partial charge in [-0.05, 0) is 37.5 Å². The molecule has 6 N–H and O–H groups in total. The standard InChI is InChI=1S/C12H22N4O2/c13-5-11(17)15-9-4-8-2-1-7(9)3-10(8)16-12(18)6-14/h7-10H,1-6,13-14H2,(H,15,17)(H,16,18). The van der Waals surface area contributed by atoms with Crippen molar-refractivity contribution < 1.29 is 9.59 Å². The van der Waals surface area contributed by atoms with Crippen LogP contribution in [0.25, 0.3) is 0 Å². The predicted octanol–water partition coefficient (Wildman–Crippen LogP) is -1.31. The van der Waals surface area contributed by atoms with Crippen molar-refractivity contribution in [3.05, 3.63) is 0 Å². The lowest BCUT2D eigenvalue weighted by Gasteiger charge is -2.47. The number of carbonyl (C=O) groups is 2. The fraction of sp³-hybridized carbons (Fsp3) is 0.833. The van der Waals surface area contributed by atoms with Gasteiger partial charge in [-0.2, -0.15) is 0 Å². The summed E-state index contributed by atoms with van der Waals surface area (Å²) in [5.41, 5.74) is 10.6. The van der Waals surface area contributed by atoms with Gasteiger partial charge in [0.25, 0.3) is 0 Å². The summed E-state index contributed by atoms with van der Waals surface area (Å²) in [6, 6.07) is 0.455. The van der Waals surface area contributed by atoms with Gasteiger partial charge in [0.2, 0.25) is 11.8 Å². The second kappa shape index (κ2) is 5.67. The molecule has 3 aliphatic rings. The number of rotatable bonds is 4. The van der Waals surface area contributed by atoms with Crippen LogP contribution in [0.5, 0.6) is 0 Å². The third kappa shape index (κ3) is 2.81. The summed E-state index contributed by atoms with van der Waals surface area (Å²) in [6.07, 6.45) is 4.11. The van der Waals surface area contributed by atoms with Gasteiger partial charge in [0.15, 0.2) is 0 Å². The van der Waals surface area contributed by atoms with Crippen LogP contribution in [0.1, 0.15) is 25.7 Å². The van der Waals surface area contributed by atoms with Crippen LogP contribution in [-0.4, -0.2) is 37.0 Å². The minimum atomic E-state index is -0.0879. The molecule has 0 aromatic carbocycles. The molecule has 3 saturated carbocycles. The highest BCUT2D eigenvalue weighted by Gasteiger charge is 2.42. The highest BCUT2D eigenvalue weighted by Crippen LogP contribution is 2.41. The van der Waals surface area contributed by atoms with Crippen molar-refractivity contribution in [2.24, 2.45) is 23.3 Å². The molecule has 102 valence electrons. The zero-order valence-corrected chi connectivity index (χ0v) is 10.5. The Bertz CT molecular complexity index is 302. The molecule has 3 aliphatic carbocycles. The van der Waals surface area contributed by atoms with Crippen molar-refractivity contribution >= 4 is 11.8 Å². The van der Waals surface area contributed by atoms with Crippen LogP contribution in [0.15, 0.2) is 0 Å². The van der Waals surface area contributed by atoms with Crippen LogP contribution >= 0.6 is 0 Å². The van der Waals surface area contributed by atoms with Crippen LogP contribution < -0.4 is 22.1 Å². The first-order chi connectivity index (χ1) is 8.63. The van der Waals surface area contributed by atoms with Crippen molar-refractivity contribution in [3.8, 4) is 0 Å². The second-order valence-corrected chi connectivity index (χ2v) is 5.33. The van der Waals surface area contributed by atoms with Crippen molar-refractivity contribution in [2.45, 2.75) is 37.8 Å². The van der Waals surface area contributed by atoms with Crippen LogP contribution in [0.4, 0.5) is 0 Å². The van der Waals surface area contributed by atoms with Gasteiger partial charge in [0.05, 0.1) is 13.1 Å². The summed E-state index contributed by atoms with van der Waals surface area (Å²) < 4.78 is 0. The molecule has 2 bridgehead atoms. The summed E-state index contributed by atoms with van der Waals surface area (Å²) >= 11 is 0. The Hall–Kier alpha value is -1.14. The monoisotopic (exact) mass is 254 g/mol. The Kier molecular flexibility index (Phi) is 4.19. The van der Waals surface area contributed by atoms with Gasteiger partial charge in [0, 0.05) is 12.1 Å². The minimum Gasteiger partial charge on any atom is -0.352 e. The molecular weight excluding hydrogens is 232 g/mol. The van der Waals surface area contributed by atoms with E-state index in [1.807, 2.05) is 0 Å². The van der Waals surface area contributed by atoms with Crippen LogP contribution in [0.3, 0.4) is 0 Å². The SMILES string of the molecule is NCC(=O)NC1CC2CCC1CC2NC(=O)CN. The number of hydrogen-bond donors (Lipinski definition) is 4. The number of amides is 2. The first kappa shape index (κ1) is 13.3. The lowest BCUT2D eigenvalue weighted by Crippen LogP contribution is -2.57. The summed E-state index contributed by atoms with van der Waals surface area (Å²) in [6.45, 7) is 0.0858. The summed E-state index contributed by atoms with van der Waals surface area (Å²) in [5, 5.41) is 5.97. The fourth-order valence-corrected chi connectivity index (χ4v) is 3.32. The first-order valence-corrected chi connectivity index (χ1v) is 6.63. The average molecular weight is 254 g/mol. The first-order valence-electron chi connectivity index (χ1n) is 6.63. The fourth-order valence-electron chi connectivity index (χ4n) is 3.32. The third-order valence-corrected chi connectivity index (χ3v) is 4.22. The Morgan fingerprint density at radius 2 is 1.28 bits per heavy atom. The number of hydrogen-bond acceptors (Lipinski definition) is 4. The molecule has 0 heterocycles. The molecule has 6 heteroatoms. The van der Waals surface area contributed by atoms with Gasteiger partial charge in [-0.1, -0.05) is 0 Å². The predicted molar refractivity (Wildman–Crippen MR) is 67.4 cm³/mol. The molecule has 0 aromatic rings. The van der Waals surface area contributed by atoms with Crippen molar-refractivity contribution in [1.82, 2.24) is 10.6 Å². The van der Waals surface area contributed by atoms with Crippen molar-refractivity contribution in [3.63, 3.8) is 0 Å². The molecule has 18 heavy (non-hydrogen) atoms. The van der Waals surface area contributed by atoms with E-state index >= 15 is 0 Å². The Morgan fingerprint density at radius 3 is 1.56 bits per heavy atom. The second-order valence-electron chi connectivity index (χ2n) is 5.33. The molecule has 6 nitrogen and oxygen atoms in total. The van der Waals surface area contributed by atoms with E-state index in [-0.39, 0.29) is 37.0 Å². The van der Waals surface area contributed by atoms with E-state index in [1.54, 1.807) is 0 Å². The lowest BCUT2D eigenvalue weighted by atomic mass is 9.65. The van der Waals surface area contributed by atoms with Crippen molar-refractivity contribution in [2.75, 3.05) is 13.1 Å². The van der Waals surface area contributed by atoms with Crippen molar-refractivity contribution in [1.29, 1.82) is 0 Å². The number of carbonyl (C=O) groups excluding carboxylic acids is 2. The van der Waals surface area contributed by atoms with Gasteiger partial charge in [-0.25, -0.2) is 0 Å². The summed E-state index contributed by atoms with van der Waals surface area (Å²) in [4.78, 5) is 22.7. The molecule has 0 radical (unpaired) electrons. The Morgan fingerprint density at radius 1 is 0.889 bits per heavy atom. The van der Waals surface area contributed by atoms with Gasteiger partial charge >= 0.3 is 0 Å². The molecule has 4 atom stereocenters. The number of fused-ring (bicyclic) bond motifs is 3. The zero-order chi connectivity index (χ0) is 13.1. The molecular formula is C12H22N4O2. The molecule has 4 unspecified atom stereocenters. The largest absolute Gasteiger partial charge is 0.352 e. The topological polar surface area (TPSA) is 110 Å². The summed E-state index contributed by atoms with van der Waals surface area (Å²) in [7, 11) is 0. The lowest BCUT2D eigenvalue weighted by molar-refractivity contribution is -0.124.